The van der Waals surface area contributed by atoms with E-state index in [4.69, 9.17) is 0 Å². The van der Waals surface area contributed by atoms with Gasteiger partial charge in [0.1, 0.15) is 0 Å². The molecule has 3 atom stereocenters. The van der Waals surface area contributed by atoms with E-state index in [2.05, 4.69) is 0 Å². The molecule has 0 aliphatic carbocycles. The zero-order chi connectivity index (χ0) is 28.3. The number of piperazine rings is 1. The van der Waals surface area contributed by atoms with E-state index in [0.29, 0.717) is 35.6 Å². The molecule has 8 heteroatoms. The molecule has 0 spiro atoms. The van der Waals surface area contributed by atoms with Crippen LogP contribution in [0.4, 0.5) is 32.3 Å². The van der Waals surface area contributed by atoms with E-state index in [1.807, 2.05) is 121 Å². The molecule has 1 N–H and O–H groups in total. The summed E-state index contributed by atoms with van der Waals surface area (Å²) in [5.74, 6) is -1.13. The number of carbonyl (C=O) groups excluding carboxylic acids is 2. The summed E-state index contributed by atoms with van der Waals surface area (Å²) in [6.45, 7) is 0.117. The molecule has 0 unspecified atom stereocenters. The van der Waals surface area contributed by atoms with Gasteiger partial charge in [-0.1, -0.05) is 72.8 Å². The van der Waals surface area contributed by atoms with E-state index >= 15 is 0 Å². The van der Waals surface area contributed by atoms with Gasteiger partial charge in [-0.05, 0) is 61.4 Å². The van der Waals surface area contributed by atoms with Gasteiger partial charge in [0.05, 0.1) is 34.8 Å². The highest BCUT2D eigenvalue weighted by atomic mass is 16.4. The minimum Gasteiger partial charge on any atom is -0.480 e. The Kier molecular flexibility index (Phi) is 7.12. The standard InChI is InChI=1S/C33H30N4O4/c38-31(39)30-29-22-21-28(37(29)33(41)36(26-17-9-3-10-18-26)27-19-11-4-12-20-27)23-34(30)32(40)35(24-13-5-1-6-14-24)25-15-7-2-8-16-25/h1-20,28-30H,21-23H2,(H,38,39)/t28-,29-,30+/m0/s1. The second kappa shape index (κ2) is 11.2. The second-order valence-electron chi connectivity index (χ2n) is 10.2. The number of nitrogens with zero attached hydrogens (tertiary/aromatic N) is 4. The number of urea groups is 2. The molecular formula is C33H30N4O4. The van der Waals surface area contributed by atoms with Gasteiger partial charge in [0.2, 0.25) is 0 Å². The summed E-state index contributed by atoms with van der Waals surface area (Å²) in [6, 6.07) is 34.2. The van der Waals surface area contributed by atoms with Crippen molar-refractivity contribution < 1.29 is 19.5 Å². The normalized spacial score (nSPS) is 19.5. The molecule has 2 saturated heterocycles. The topological polar surface area (TPSA) is 84.4 Å². The largest absolute Gasteiger partial charge is 0.480 e. The van der Waals surface area contributed by atoms with Gasteiger partial charge >= 0.3 is 18.0 Å². The van der Waals surface area contributed by atoms with Crippen molar-refractivity contribution >= 4 is 40.8 Å². The third kappa shape index (κ3) is 4.89. The summed E-state index contributed by atoms with van der Waals surface area (Å²) in [5.41, 5.74) is 2.65. The molecule has 0 radical (unpaired) electrons. The first-order valence-electron chi connectivity index (χ1n) is 13.7. The van der Waals surface area contributed by atoms with Crippen LogP contribution in [0.3, 0.4) is 0 Å². The maximum Gasteiger partial charge on any atom is 0.329 e. The summed E-state index contributed by atoms with van der Waals surface area (Å²) in [5, 5.41) is 10.5. The maximum absolute atomic E-state index is 14.3. The zero-order valence-electron chi connectivity index (χ0n) is 22.4. The van der Waals surface area contributed by atoms with Crippen molar-refractivity contribution in [1.29, 1.82) is 0 Å². The molecule has 2 aliphatic rings. The minimum atomic E-state index is -1.20. The first kappa shape index (κ1) is 26.1. The van der Waals surface area contributed by atoms with Gasteiger partial charge in [0.15, 0.2) is 6.04 Å². The quantitative estimate of drug-likeness (QED) is 0.310. The predicted molar refractivity (Wildman–Crippen MR) is 158 cm³/mol. The predicted octanol–water partition coefficient (Wildman–Crippen LogP) is 6.50. The van der Waals surface area contributed by atoms with E-state index in [9.17, 15) is 19.5 Å². The molecule has 0 saturated carbocycles. The highest BCUT2D eigenvalue weighted by molar-refractivity contribution is 6.03. The third-order valence-corrected chi connectivity index (χ3v) is 7.81. The minimum absolute atomic E-state index is 0.117. The van der Waals surface area contributed by atoms with Crippen molar-refractivity contribution in [3.05, 3.63) is 121 Å². The number of likely N-dealkylation sites (tertiary alicyclic amines) is 1. The van der Waals surface area contributed by atoms with E-state index in [1.54, 1.807) is 14.7 Å². The number of rotatable bonds is 5. The number of para-hydroxylation sites is 4. The van der Waals surface area contributed by atoms with Gasteiger partial charge in [0, 0.05) is 6.54 Å². The Morgan fingerprint density at radius 1 is 0.585 bits per heavy atom. The Bertz CT molecular complexity index is 1440. The van der Waals surface area contributed by atoms with Gasteiger partial charge in [-0.25, -0.2) is 14.4 Å². The molecule has 4 amide bonds. The number of carboxylic acids is 1. The van der Waals surface area contributed by atoms with E-state index in [-0.39, 0.29) is 18.6 Å². The fourth-order valence-electron chi connectivity index (χ4n) is 6.03. The summed E-state index contributed by atoms with van der Waals surface area (Å²) >= 11 is 0. The summed E-state index contributed by atoms with van der Waals surface area (Å²) in [7, 11) is 0. The summed E-state index contributed by atoms with van der Waals surface area (Å²) < 4.78 is 0. The number of carbonyl (C=O) groups is 3. The molecule has 2 aliphatic heterocycles. The van der Waals surface area contributed by atoms with Crippen LogP contribution in [0.5, 0.6) is 0 Å². The van der Waals surface area contributed by atoms with Gasteiger partial charge in [0.25, 0.3) is 0 Å². The van der Waals surface area contributed by atoms with Crippen molar-refractivity contribution in [2.45, 2.75) is 31.0 Å². The van der Waals surface area contributed by atoms with Gasteiger partial charge < -0.3 is 14.9 Å². The lowest BCUT2D eigenvalue weighted by molar-refractivity contribution is -0.145. The molecule has 41 heavy (non-hydrogen) atoms. The highest BCUT2D eigenvalue weighted by Gasteiger charge is 2.54. The number of fused-ring (bicyclic) bond motifs is 2. The Morgan fingerprint density at radius 2 is 0.976 bits per heavy atom. The monoisotopic (exact) mass is 546 g/mol. The average molecular weight is 547 g/mol. The summed E-state index contributed by atoms with van der Waals surface area (Å²) in [4.78, 5) is 47.8. The van der Waals surface area contributed by atoms with Crippen LogP contribution in [-0.4, -0.2) is 57.6 Å². The lowest BCUT2D eigenvalue weighted by Gasteiger charge is -2.47. The van der Waals surface area contributed by atoms with Crippen molar-refractivity contribution in [2.75, 3.05) is 16.3 Å². The smallest absolute Gasteiger partial charge is 0.329 e. The Hall–Kier alpha value is -5.11. The Balaban J connectivity index is 1.36. The van der Waals surface area contributed by atoms with Crippen LogP contribution >= 0.6 is 0 Å². The van der Waals surface area contributed by atoms with Crippen LogP contribution in [0.25, 0.3) is 0 Å². The van der Waals surface area contributed by atoms with Crippen molar-refractivity contribution in [3.63, 3.8) is 0 Å². The maximum atomic E-state index is 14.3. The van der Waals surface area contributed by atoms with E-state index < -0.39 is 24.1 Å². The lowest BCUT2D eigenvalue weighted by Crippen LogP contribution is -2.67. The van der Waals surface area contributed by atoms with Crippen molar-refractivity contribution in [2.24, 2.45) is 0 Å². The molecule has 4 aromatic carbocycles. The molecular weight excluding hydrogens is 516 g/mol. The molecule has 2 heterocycles. The molecule has 6 rings (SSSR count). The van der Waals surface area contributed by atoms with Crippen LogP contribution < -0.4 is 9.80 Å². The number of benzene rings is 4. The first-order chi connectivity index (χ1) is 20.0. The van der Waals surface area contributed by atoms with Crippen molar-refractivity contribution in [3.8, 4) is 0 Å². The zero-order valence-corrected chi connectivity index (χ0v) is 22.4. The van der Waals surface area contributed by atoms with Crippen LogP contribution in [0.15, 0.2) is 121 Å². The third-order valence-electron chi connectivity index (χ3n) is 7.81. The van der Waals surface area contributed by atoms with Crippen molar-refractivity contribution in [1.82, 2.24) is 9.80 Å². The SMILES string of the molecule is O=C(O)[C@H]1[C@@H]2CC[C@@H](CN1C(=O)N(c1ccccc1)c1ccccc1)N2C(=O)N(c1ccccc1)c1ccccc1. The number of aliphatic carboxylic acids is 1. The molecule has 8 nitrogen and oxygen atoms in total. The number of amides is 4. The second-order valence-corrected chi connectivity index (χ2v) is 10.2. The number of hydrogen-bond acceptors (Lipinski definition) is 3. The Morgan fingerprint density at radius 3 is 1.37 bits per heavy atom. The number of carboxylic acid groups (broad SMARTS) is 1. The molecule has 2 bridgehead atoms. The number of hydrogen-bond donors (Lipinski definition) is 1. The fourth-order valence-corrected chi connectivity index (χ4v) is 6.03. The van der Waals surface area contributed by atoms with Gasteiger partial charge in [-0.15, -0.1) is 0 Å². The van der Waals surface area contributed by atoms with Crippen LogP contribution in [0.1, 0.15) is 12.8 Å². The van der Waals surface area contributed by atoms with E-state index in [1.165, 1.54) is 4.90 Å². The van der Waals surface area contributed by atoms with Crippen LogP contribution in [0, 0.1) is 0 Å². The average Bonchev–Trinajstić information content (AvgIpc) is 3.31. The molecule has 0 aromatic heterocycles. The van der Waals surface area contributed by atoms with Crippen LogP contribution in [-0.2, 0) is 4.79 Å². The summed E-state index contributed by atoms with van der Waals surface area (Å²) in [6.07, 6.45) is 1.10. The van der Waals surface area contributed by atoms with Crippen LogP contribution in [0.2, 0.25) is 0 Å². The van der Waals surface area contributed by atoms with E-state index in [0.717, 1.165) is 0 Å². The molecule has 2 fully saturated rings. The Labute approximate surface area is 238 Å². The molecule has 4 aromatic rings. The lowest BCUT2D eigenvalue weighted by atomic mass is 10.0. The highest BCUT2D eigenvalue weighted by Crippen LogP contribution is 2.39. The van der Waals surface area contributed by atoms with Gasteiger partial charge in [-0.3, -0.25) is 9.80 Å². The first-order valence-corrected chi connectivity index (χ1v) is 13.7. The fraction of sp³-hybridized carbons (Fsp3) is 0.182. The molecule has 206 valence electrons. The van der Waals surface area contributed by atoms with Gasteiger partial charge in [-0.2, -0.15) is 0 Å². The number of anilines is 4.